The van der Waals surface area contributed by atoms with Gasteiger partial charge in [0.05, 0.1) is 5.69 Å². The minimum Gasteiger partial charge on any atom is -0.486 e. The molecule has 6 heteroatoms. The van der Waals surface area contributed by atoms with Crippen molar-refractivity contribution in [3.63, 3.8) is 0 Å². The summed E-state index contributed by atoms with van der Waals surface area (Å²) in [5.74, 6) is 1.11. The van der Waals surface area contributed by atoms with E-state index in [0.29, 0.717) is 41.8 Å². The van der Waals surface area contributed by atoms with E-state index in [9.17, 15) is 4.79 Å². The summed E-state index contributed by atoms with van der Waals surface area (Å²) in [4.78, 5) is 12.2. The van der Waals surface area contributed by atoms with Gasteiger partial charge in [-0.2, -0.15) is 0 Å². The Morgan fingerprint density at radius 1 is 1.25 bits per heavy atom. The van der Waals surface area contributed by atoms with Crippen molar-refractivity contribution >= 4 is 17.3 Å². The SMILES string of the molecule is Cn1cc(N)cc1C(=O)Nc1ccc2c(c1)OCCO2. The Hall–Kier alpha value is -2.63. The second-order valence-corrected chi connectivity index (χ2v) is 4.58. The summed E-state index contributed by atoms with van der Waals surface area (Å²) < 4.78 is 12.6. The van der Waals surface area contributed by atoms with E-state index in [0.717, 1.165) is 0 Å². The van der Waals surface area contributed by atoms with Crippen LogP contribution in [-0.2, 0) is 7.05 Å². The molecule has 1 aromatic heterocycles. The third kappa shape index (κ3) is 2.27. The molecule has 1 aliphatic heterocycles. The maximum absolute atomic E-state index is 12.2. The molecule has 3 N–H and O–H groups in total. The summed E-state index contributed by atoms with van der Waals surface area (Å²) >= 11 is 0. The number of nitrogens with one attached hydrogen (secondary N) is 1. The van der Waals surface area contributed by atoms with Crippen LogP contribution < -0.4 is 20.5 Å². The first-order valence-electron chi connectivity index (χ1n) is 6.26. The lowest BCUT2D eigenvalue weighted by Gasteiger charge is -2.19. The number of nitrogen functional groups attached to an aromatic ring is 1. The molecule has 104 valence electrons. The average Bonchev–Trinajstić information content (AvgIpc) is 2.78. The lowest BCUT2D eigenvalue weighted by molar-refractivity contribution is 0.101. The van der Waals surface area contributed by atoms with E-state index in [-0.39, 0.29) is 5.91 Å². The number of fused-ring (bicyclic) bond motifs is 1. The number of rotatable bonds is 2. The highest BCUT2D eigenvalue weighted by Gasteiger charge is 2.15. The van der Waals surface area contributed by atoms with Gasteiger partial charge in [0.25, 0.3) is 5.91 Å². The molecule has 0 atom stereocenters. The molecule has 0 bridgehead atoms. The zero-order chi connectivity index (χ0) is 14.1. The molecule has 1 amide bonds. The fraction of sp³-hybridized carbons (Fsp3) is 0.214. The highest BCUT2D eigenvalue weighted by molar-refractivity contribution is 6.04. The van der Waals surface area contributed by atoms with E-state index < -0.39 is 0 Å². The van der Waals surface area contributed by atoms with Crippen LogP contribution in [0, 0.1) is 0 Å². The molecule has 0 spiro atoms. The number of carbonyl (C=O) groups is 1. The number of nitrogens with two attached hydrogens (primary N) is 1. The van der Waals surface area contributed by atoms with Crippen LogP contribution in [0.4, 0.5) is 11.4 Å². The van der Waals surface area contributed by atoms with Crippen molar-refractivity contribution in [2.75, 3.05) is 24.3 Å². The molecular weight excluding hydrogens is 258 g/mol. The van der Waals surface area contributed by atoms with Gasteiger partial charge in [0, 0.05) is 25.0 Å². The van der Waals surface area contributed by atoms with Gasteiger partial charge in [0.1, 0.15) is 18.9 Å². The van der Waals surface area contributed by atoms with Gasteiger partial charge < -0.3 is 25.1 Å². The number of aryl methyl sites for hydroxylation is 1. The van der Waals surface area contributed by atoms with Crippen LogP contribution in [-0.4, -0.2) is 23.7 Å². The molecular formula is C14H15N3O3. The Bertz CT molecular complexity index is 664. The summed E-state index contributed by atoms with van der Waals surface area (Å²) in [7, 11) is 1.77. The molecule has 3 rings (SSSR count). The van der Waals surface area contributed by atoms with Crippen LogP contribution >= 0.6 is 0 Å². The second kappa shape index (κ2) is 4.80. The van der Waals surface area contributed by atoms with Gasteiger partial charge in [0.15, 0.2) is 11.5 Å². The first kappa shape index (κ1) is 12.4. The molecule has 0 aliphatic carbocycles. The zero-order valence-corrected chi connectivity index (χ0v) is 11.1. The Labute approximate surface area is 116 Å². The van der Waals surface area contributed by atoms with Crippen molar-refractivity contribution in [2.45, 2.75) is 0 Å². The number of carbonyl (C=O) groups excluding carboxylic acids is 1. The molecule has 0 saturated carbocycles. The van der Waals surface area contributed by atoms with Gasteiger partial charge in [-0.1, -0.05) is 0 Å². The fourth-order valence-electron chi connectivity index (χ4n) is 2.13. The number of ether oxygens (including phenoxy) is 2. The first-order chi connectivity index (χ1) is 9.63. The van der Waals surface area contributed by atoms with Crippen LogP contribution in [0.15, 0.2) is 30.5 Å². The predicted octanol–water partition coefficient (Wildman–Crippen LogP) is 1.63. The van der Waals surface area contributed by atoms with Gasteiger partial charge in [-0.05, 0) is 18.2 Å². The Balaban J connectivity index is 1.81. The minimum absolute atomic E-state index is 0.221. The highest BCUT2D eigenvalue weighted by Crippen LogP contribution is 2.32. The lowest BCUT2D eigenvalue weighted by Crippen LogP contribution is -2.17. The molecule has 2 aromatic rings. The van der Waals surface area contributed by atoms with E-state index in [4.69, 9.17) is 15.2 Å². The first-order valence-corrected chi connectivity index (χ1v) is 6.26. The van der Waals surface area contributed by atoms with Gasteiger partial charge in [0.2, 0.25) is 0 Å². The number of hydrogen-bond donors (Lipinski definition) is 2. The van der Waals surface area contributed by atoms with E-state index >= 15 is 0 Å². The second-order valence-electron chi connectivity index (χ2n) is 4.58. The largest absolute Gasteiger partial charge is 0.486 e. The number of anilines is 2. The lowest BCUT2D eigenvalue weighted by atomic mass is 10.2. The van der Waals surface area contributed by atoms with E-state index in [1.807, 2.05) is 0 Å². The average molecular weight is 273 g/mol. The quantitative estimate of drug-likeness (QED) is 0.871. The monoisotopic (exact) mass is 273 g/mol. The summed E-state index contributed by atoms with van der Waals surface area (Å²) in [6.07, 6.45) is 1.69. The van der Waals surface area contributed by atoms with Crippen molar-refractivity contribution in [3.05, 3.63) is 36.2 Å². The van der Waals surface area contributed by atoms with E-state index in [1.54, 1.807) is 42.1 Å². The summed E-state index contributed by atoms with van der Waals surface area (Å²) in [5.41, 5.74) is 7.37. The van der Waals surface area contributed by atoms with Gasteiger partial charge in [-0.25, -0.2) is 0 Å². The third-order valence-electron chi connectivity index (χ3n) is 3.06. The molecule has 6 nitrogen and oxygen atoms in total. The van der Waals surface area contributed by atoms with Crippen molar-refractivity contribution in [2.24, 2.45) is 7.05 Å². The zero-order valence-electron chi connectivity index (χ0n) is 11.1. The van der Waals surface area contributed by atoms with Crippen LogP contribution in [0.1, 0.15) is 10.5 Å². The molecule has 1 aromatic carbocycles. The number of hydrogen-bond acceptors (Lipinski definition) is 4. The van der Waals surface area contributed by atoms with Crippen molar-refractivity contribution in [1.29, 1.82) is 0 Å². The van der Waals surface area contributed by atoms with Crippen LogP contribution in [0.2, 0.25) is 0 Å². The number of nitrogens with zero attached hydrogens (tertiary/aromatic N) is 1. The van der Waals surface area contributed by atoms with Crippen molar-refractivity contribution in [1.82, 2.24) is 4.57 Å². The molecule has 0 fully saturated rings. The predicted molar refractivity (Wildman–Crippen MR) is 75.2 cm³/mol. The van der Waals surface area contributed by atoms with Crippen LogP contribution in [0.25, 0.3) is 0 Å². The topological polar surface area (TPSA) is 78.5 Å². The molecule has 2 heterocycles. The van der Waals surface area contributed by atoms with Crippen molar-refractivity contribution in [3.8, 4) is 11.5 Å². The minimum atomic E-state index is -0.221. The molecule has 20 heavy (non-hydrogen) atoms. The number of amides is 1. The molecule has 0 unspecified atom stereocenters. The maximum Gasteiger partial charge on any atom is 0.272 e. The van der Waals surface area contributed by atoms with Gasteiger partial charge in [-0.15, -0.1) is 0 Å². The smallest absolute Gasteiger partial charge is 0.272 e. The summed E-state index contributed by atoms with van der Waals surface area (Å²) in [6.45, 7) is 1.06. The van der Waals surface area contributed by atoms with Crippen molar-refractivity contribution < 1.29 is 14.3 Å². The summed E-state index contributed by atoms with van der Waals surface area (Å²) in [6, 6.07) is 6.94. The maximum atomic E-state index is 12.2. The van der Waals surface area contributed by atoms with E-state index in [2.05, 4.69) is 5.32 Å². The molecule has 0 radical (unpaired) electrons. The normalized spacial score (nSPS) is 13.1. The third-order valence-corrected chi connectivity index (χ3v) is 3.06. The van der Waals surface area contributed by atoms with Crippen LogP contribution in [0.3, 0.4) is 0 Å². The summed E-state index contributed by atoms with van der Waals surface area (Å²) in [5, 5.41) is 2.81. The Morgan fingerprint density at radius 2 is 2.00 bits per heavy atom. The highest BCUT2D eigenvalue weighted by atomic mass is 16.6. The van der Waals surface area contributed by atoms with Gasteiger partial charge >= 0.3 is 0 Å². The van der Waals surface area contributed by atoms with E-state index in [1.165, 1.54) is 0 Å². The molecule has 0 saturated heterocycles. The Morgan fingerprint density at radius 3 is 2.70 bits per heavy atom. The van der Waals surface area contributed by atoms with Gasteiger partial charge in [-0.3, -0.25) is 4.79 Å². The number of benzene rings is 1. The molecule has 1 aliphatic rings. The van der Waals surface area contributed by atoms with Crippen LogP contribution in [0.5, 0.6) is 11.5 Å². The number of aromatic nitrogens is 1. The Kier molecular flexibility index (Phi) is 2.98. The fourth-order valence-corrected chi connectivity index (χ4v) is 2.13. The standard InChI is InChI=1S/C14H15N3O3/c1-17-8-9(15)6-11(17)14(18)16-10-2-3-12-13(7-10)20-5-4-19-12/h2-3,6-8H,4-5,15H2,1H3,(H,16,18).